The van der Waals surface area contributed by atoms with Crippen molar-refractivity contribution in [1.82, 2.24) is 16.0 Å². The van der Waals surface area contributed by atoms with Gasteiger partial charge in [0, 0.05) is 36.7 Å². The average Bonchev–Trinajstić information content (AvgIpc) is 3.10. The number of nitrogens with one attached hydrogen (secondary N) is 3. The van der Waals surface area contributed by atoms with Gasteiger partial charge in [-0.2, -0.15) is 11.3 Å². The zero-order valence-corrected chi connectivity index (χ0v) is 18.7. The Morgan fingerprint density at radius 2 is 2.00 bits per heavy atom. The second kappa shape index (κ2) is 12.3. The van der Waals surface area contributed by atoms with Crippen molar-refractivity contribution in [3.63, 3.8) is 0 Å². The molecule has 1 heterocycles. The maximum atomic E-state index is 12.0. The highest BCUT2D eigenvalue weighted by Crippen LogP contribution is 2.11. The van der Waals surface area contributed by atoms with Crippen LogP contribution in [0.5, 0.6) is 0 Å². The lowest BCUT2D eigenvalue weighted by Crippen LogP contribution is -2.38. The SMILES string of the molecule is CN=C(NCCCNC(=O)c1cccc(Br)c1)NCc1ccsc1.I. The molecule has 0 spiro atoms. The van der Waals surface area contributed by atoms with E-state index in [4.69, 9.17) is 0 Å². The molecule has 1 aromatic carbocycles. The van der Waals surface area contributed by atoms with Gasteiger partial charge in [0.25, 0.3) is 5.91 Å². The number of amides is 1. The smallest absolute Gasteiger partial charge is 0.251 e. The van der Waals surface area contributed by atoms with Gasteiger partial charge in [0.15, 0.2) is 5.96 Å². The van der Waals surface area contributed by atoms with E-state index in [-0.39, 0.29) is 29.9 Å². The minimum Gasteiger partial charge on any atom is -0.356 e. The molecule has 0 radical (unpaired) electrons. The summed E-state index contributed by atoms with van der Waals surface area (Å²) in [7, 11) is 1.75. The molecule has 0 bridgehead atoms. The van der Waals surface area contributed by atoms with Crippen molar-refractivity contribution in [3.8, 4) is 0 Å². The number of hydrogen-bond acceptors (Lipinski definition) is 3. The van der Waals surface area contributed by atoms with Crippen molar-refractivity contribution in [1.29, 1.82) is 0 Å². The van der Waals surface area contributed by atoms with E-state index >= 15 is 0 Å². The van der Waals surface area contributed by atoms with Crippen LogP contribution < -0.4 is 16.0 Å². The van der Waals surface area contributed by atoms with Gasteiger partial charge in [-0.1, -0.05) is 22.0 Å². The number of benzene rings is 1. The Morgan fingerprint density at radius 3 is 2.68 bits per heavy atom. The zero-order valence-electron chi connectivity index (χ0n) is 13.9. The number of nitrogens with zero attached hydrogens (tertiary/aromatic N) is 1. The lowest BCUT2D eigenvalue weighted by Gasteiger charge is -2.11. The summed E-state index contributed by atoms with van der Waals surface area (Å²) < 4.78 is 0.900. The van der Waals surface area contributed by atoms with Crippen LogP contribution in [0, 0.1) is 0 Å². The molecule has 8 heteroatoms. The summed E-state index contributed by atoms with van der Waals surface area (Å²) in [5, 5.41) is 13.6. The molecular formula is C17H22BrIN4OS. The molecule has 0 aliphatic rings. The number of hydrogen-bond donors (Lipinski definition) is 3. The minimum atomic E-state index is -0.0590. The summed E-state index contributed by atoms with van der Waals surface area (Å²) >= 11 is 5.05. The first-order chi connectivity index (χ1) is 11.7. The summed E-state index contributed by atoms with van der Waals surface area (Å²) in [5.74, 6) is 0.704. The molecule has 2 rings (SSSR count). The van der Waals surface area contributed by atoms with Crippen LogP contribution in [0.1, 0.15) is 22.3 Å². The maximum absolute atomic E-state index is 12.0. The van der Waals surface area contributed by atoms with Crippen LogP contribution in [-0.4, -0.2) is 32.0 Å². The normalized spacial score (nSPS) is 10.7. The first-order valence-corrected chi connectivity index (χ1v) is 9.42. The fourth-order valence-corrected chi connectivity index (χ4v) is 3.10. The van der Waals surface area contributed by atoms with E-state index in [1.807, 2.05) is 18.2 Å². The Balaban J connectivity index is 0.00000312. The van der Waals surface area contributed by atoms with Crippen molar-refractivity contribution < 1.29 is 4.79 Å². The quantitative estimate of drug-likeness (QED) is 0.219. The first-order valence-electron chi connectivity index (χ1n) is 7.68. The van der Waals surface area contributed by atoms with Gasteiger partial charge in [-0.25, -0.2) is 0 Å². The van der Waals surface area contributed by atoms with E-state index in [0.717, 1.165) is 29.9 Å². The number of guanidine groups is 1. The van der Waals surface area contributed by atoms with Crippen molar-refractivity contribution in [3.05, 3.63) is 56.7 Å². The monoisotopic (exact) mass is 536 g/mol. The van der Waals surface area contributed by atoms with Crippen LogP contribution in [0.3, 0.4) is 0 Å². The summed E-state index contributed by atoms with van der Waals surface area (Å²) in [6.07, 6.45) is 0.818. The van der Waals surface area contributed by atoms with Gasteiger partial charge in [0.1, 0.15) is 0 Å². The molecule has 0 atom stereocenters. The van der Waals surface area contributed by atoms with Gasteiger partial charge in [0.2, 0.25) is 0 Å². The first kappa shape index (κ1) is 21.9. The highest BCUT2D eigenvalue weighted by Gasteiger charge is 2.04. The van der Waals surface area contributed by atoms with Crippen molar-refractivity contribution in [2.75, 3.05) is 20.1 Å². The van der Waals surface area contributed by atoms with E-state index in [1.165, 1.54) is 5.56 Å². The molecular weight excluding hydrogens is 515 g/mol. The van der Waals surface area contributed by atoms with Gasteiger partial charge < -0.3 is 16.0 Å². The maximum Gasteiger partial charge on any atom is 0.251 e. The molecule has 0 unspecified atom stereocenters. The number of halogens is 2. The highest BCUT2D eigenvalue weighted by atomic mass is 127. The standard InChI is InChI=1S/C17H21BrN4OS.HI/c1-19-17(22-11-13-6-9-24-12-13)21-8-3-7-20-16(23)14-4-2-5-15(18)10-14;/h2,4-6,9-10,12H,3,7-8,11H2,1H3,(H,20,23)(H2,19,21,22);1H. The van der Waals surface area contributed by atoms with Crippen molar-refractivity contribution in [2.24, 2.45) is 4.99 Å². The molecule has 136 valence electrons. The fraction of sp³-hybridized carbons (Fsp3) is 0.294. The molecule has 0 saturated heterocycles. The number of thiophene rings is 1. The lowest BCUT2D eigenvalue weighted by molar-refractivity contribution is 0.0953. The van der Waals surface area contributed by atoms with E-state index in [9.17, 15) is 4.79 Å². The predicted octanol–water partition coefficient (Wildman–Crippen LogP) is 3.61. The minimum absolute atomic E-state index is 0. The predicted molar refractivity (Wildman–Crippen MR) is 119 cm³/mol. The van der Waals surface area contributed by atoms with E-state index < -0.39 is 0 Å². The topological polar surface area (TPSA) is 65.5 Å². The number of aliphatic imine (C=N–C) groups is 1. The molecule has 25 heavy (non-hydrogen) atoms. The summed E-state index contributed by atoms with van der Waals surface area (Å²) in [6.45, 7) is 2.10. The van der Waals surface area contributed by atoms with Crippen molar-refractivity contribution >= 4 is 63.1 Å². The third-order valence-electron chi connectivity index (χ3n) is 3.28. The Bertz CT molecular complexity index is 679. The molecule has 1 aromatic heterocycles. The lowest BCUT2D eigenvalue weighted by atomic mass is 10.2. The molecule has 2 aromatic rings. The van der Waals surface area contributed by atoms with Crippen molar-refractivity contribution in [2.45, 2.75) is 13.0 Å². The highest BCUT2D eigenvalue weighted by molar-refractivity contribution is 14.0. The van der Waals surface area contributed by atoms with Crippen LogP contribution >= 0.6 is 51.2 Å². The third-order valence-corrected chi connectivity index (χ3v) is 4.51. The van der Waals surface area contributed by atoms with Crippen LogP contribution in [0.15, 0.2) is 50.6 Å². The molecule has 0 fully saturated rings. The number of carbonyl (C=O) groups excluding carboxylic acids is 1. The summed E-state index contributed by atoms with van der Waals surface area (Å²) in [4.78, 5) is 16.2. The van der Waals surface area contributed by atoms with E-state index in [2.05, 4.69) is 53.7 Å². The van der Waals surface area contributed by atoms with Gasteiger partial charge in [-0.05, 0) is 47.0 Å². The molecule has 0 aliphatic carbocycles. The number of rotatable bonds is 7. The Kier molecular flexibility index (Phi) is 10.7. The molecule has 1 amide bonds. The zero-order chi connectivity index (χ0) is 17.2. The second-order valence-corrected chi connectivity index (χ2v) is 6.80. The van der Waals surface area contributed by atoms with Gasteiger partial charge in [0.05, 0.1) is 0 Å². The van der Waals surface area contributed by atoms with Gasteiger partial charge in [-0.15, -0.1) is 24.0 Å². The fourth-order valence-electron chi connectivity index (χ4n) is 2.03. The second-order valence-electron chi connectivity index (χ2n) is 5.10. The van der Waals surface area contributed by atoms with Gasteiger partial charge >= 0.3 is 0 Å². The van der Waals surface area contributed by atoms with E-state index in [0.29, 0.717) is 12.1 Å². The van der Waals surface area contributed by atoms with Crippen LogP contribution in [0.25, 0.3) is 0 Å². The van der Waals surface area contributed by atoms with Crippen LogP contribution in [-0.2, 0) is 6.54 Å². The van der Waals surface area contributed by atoms with E-state index in [1.54, 1.807) is 24.5 Å². The Hall–Kier alpha value is -1.13. The largest absolute Gasteiger partial charge is 0.356 e. The van der Waals surface area contributed by atoms with Crippen LogP contribution in [0.4, 0.5) is 0 Å². The Morgan fingerprint density at radius 1 is 1.20 bits per heavy atom. The van der Waals surface area contributed by atoms with Gasteiger partial charge in [-0.3, -0.25) is 9.79 Å². The molecule has 3 N–H and O–H groups in total. The Labute approximate surface area is 177 Å². The summed E-state index contributed by atoms with van der Waals surface area (Å²) in [6, 6.07) is 9.44. The third kappa shape index (κ3) is 8.19. The molecule has 0 aliphatic heterocycles. The number of carbonyl (C=O) groups is 1. The average molecular weight is 537 g/mol. The molecule has 0 saturated carbocycles. The molecule has 5 nitrogen and oxygen atoms in total. The summed E-state index contributed by atoms with van der Waals surface area (Å²) in [5.41, 5.74) is 1.90. The van der Waals surface area contributed by atoms with Crippen LogP contribution in [0.2, 0.25) is 0 Å².